The van der Waals surface area contributed by atoms with Gasteiger partial charge in [0, 0.05) is 5.56 Å². The fourth-order valence-corrected chi connectivity index (χ4v) is 3.37. The van der Waals surface area contributed by atoms with E-state index in [0.29, 0.717) is 0 Å². The Hall–Kier alpha value is -0.530. The Bertz CT molecular complexity index is 331. The highest BCUT2D eigenvalue weighted by Gasteiger charge is 2.25. The van der Waals surface area contributed by atoms with Crippen LogP contribution in [0.15, 0.2) is 30.3 Å². The fourth-order valence-electron chi connectivity index (χ4n) is 3.37. The smallest absolute Gasteiger partial charge is 0.104 e. The maximum atomic E-state index is 2.33. The molecule has 0 aliphatic rings. The van der Waals surface area contributed by atoms with Crippen molar-refractivity contribution in [3.05, 3.63) is 35.9 Å². The molecule has 0 fully saturated rings. The van der Waals surface area contributed by atoms with Crippen LogP contribution >= 0.6 is 0 Å². The summed E-state index contributed by atoms with van der Waals surface area (Å²) in [7, 11) is 0. The summed E-state index contributed by atoms with van der Waals surface area (Å²) in [5, 5.41) is 0. The van der Waals surface area contributed by atoms with Crippen molar-refractivity contribution in [3.63, 3.8) is 0 Å². The van der Waals surface area contributed by atoms with E-state index < -0.39 is 0 Å². The van der Waals surface area contributed by atoms with Crippen LogP contribution in [0.25, 0.3) is 0 Å². The van der Waals surface area contributed by atoms with Gasteiger partial charge in [0.15, 0.2) is 0 Å². The van der Waals surface area contributed by atoms with E-state index >= 15 is 0 Å². The average molecular weight is 312 g/mol. The molecule has 0 aromatic heterocycles. The third kappa shape index (κ3) is 7.87. The largest absolute Gasteiger partial charge is 1.00 e. The molecule has 0 N–H and O–H groups in total. The van der Waals surface area contributed by atoms with Crippen molar-refractivity contribution in [1.29, 1.82) is 0 Å². The summed E-state index contributed by atoms with van der Waals surface area (Å²) >= 11 is 0. The first kappa shape index (κ1) is 20.5. The molecule has 1 nitrogen and oxygen atoms in total. The molecular formula is C19H34ClN. The Morgan fingerprint density at radius 2 is 1.33 bits per heavy atom. The molecule has 0 saturated carbocycles. The van der Waals surface area contributed by atoms with Crippen molar-refractivity contribution >= 4 is 0 Å². The first-order valence-corrected chi connectivity index (χ1v) is 8.65. The zero-order valence-corrected chi connectivity index (χ0v) is 15.0. The number of benzene rings is 1. The summed E-state index contributed by atoms with van der Waals surface area (Å²) in [5.41, 5.74) is 1.50. The molecular weight excluding hydrogens is 278 g/mol. The third-order valence-corrected chi connectivity index (χ3v) is 4.24. The standard InChI is InChI=1S/C19H34N.ClH/c1-4-7-8-12-17-20(15-5-2,16-6-3)18-19-13-10-9-11-14-19;/h9-11,13-14H,4-8,12,15-18H2,1-3H3;1H/q+1;/p-1. The van der Waals surface area contributed by atoms with Gasteiger partial charge in [-0.2, -0.15) is 0 Å². The highest BCUT2D eigenvalue weighted by Crippen LogP contribution is 2.19. The zero-order valence-electron chi connectivity index (χ0n) is 14.3. The topological polar surface area (TPSA) is 0 Å². The molecule has 0 saturated heterocycles. The van der Waals surface area contributed by atoms with Crippen molar-refractivity contribution in [3.8, 4) is 0 Å². The van der Waals surface area contributed by atoms with Gasteiger partial charge in [-0.25, -0.2) is 0 Å². The lowest BCUT2D eigenvalue weighted by molar-refractivity contribution is -0.941. The Morgan fingerprint density at radius 1 is 0.714 bits per heavy atom. The molecule has 1 aromatic carbocycles. The van der Waals surface area contributed by atoms with Gasteiger partial charge in [-0.3, -0.25) is 0 Å². The van der Waals surface area contributed by atoms with Gasteiger partial charge in [-0.15, -0.1) is 0 Å². The van der Waals surface area contributed by atoms with E-state index in [9.17, 15) is 0 Å². The second-order valence-electron chi connectivity index (χ2n) is 6.22. The van der Waals surface area contributed by atoms with Gasteiger partial charge in [0.2, 0.25) is 0 Å². The van der Waals surface area contributed by atoms with Gasteiger partial charge in [-0.05, 0) is 25.7 Å². The van der Waals surface area contributed by atoms with Crippen molar-refractivity contribution in [1.82, 2.24) is 0 Å². The fraction of sp³-hybridized carbons (Fsp3) is 0.684. The van der Waals surface area contributed by atoms with Crippen LogP contribution in [0, 0.1) is 0 Å². The number of halogens is 1. The maximum absolute atomic E-state index is 2.33. The van der Waals surface area contributed by atoms with Gasteiger partial charge >= 0.3 is 0 Å². The van der Waals surface area contributed by atoms with E-state index in [4.69, 9.17) is 0 Å². The lowest BCUT2D eigenvalue weighted by Gasteiger charge is -2.39. The monoisotopic (exact) mass is 311 g/mol. The third-order valence-electron chi connectivity index (χ3n) is 4.24. The molecule has 122 valence electrons. The van der Waals surface area contributed by atoms with Gasteiger partial charge in [0.1, 0.15) is 6.54 Å². The van der Waals surface area contributed by atoms with Gasteiger partial charge in [-0.1, -0.05) is 63.9 Å². The first-order valence-electron chi connectivity index (χ1n) is 8.65. The molecule has 2 heteroatoms. The molecule has 0 heterocycles. The highest BCUT2D eigenvalue weighted by atomic mass is 35.5. The lowest BCUT2D eigenvalue weighted by atomic mass is 10.1. The molecule has 0 amide bonds. The Labute approximate surface area is 138 Å². The lowest BCUT2D eigenvalue weighted by Crippen LogP contribution is -3.00. The minimum atomic E-state index is 0. The summed E-state index contributed by atoms with van der Waals surface area (Å²) in [4.78, 5) is 0. The molecule has 1 aromatic rings. The minimum absolute atomic E-state index is 0. The van der Waals surface area contributed by atoms with Crippen LogP contribution in [-0.4, -0.2) is 24.1 Å². The molecule has 0 aliphatic carbocycles. The van der Waals surface area contributed by atoms with Gasteiger partial charge in [0.05, 0.1) is 19.6 Å². The minimum Gasteiger partial charge on any atom is -1.00 e. The van der Waals surface area contributed by atoms with E-state index in [2.05, 4.69) is 51.1 Å². The van der Waals surface area contributed by atoms with Crippen LogP contribution in [0.2, 0.25) is 0 Å². The summed E-state index contributed by atoms with van der Waals surface area (Å²) in [6, 6.07) is 11.1. The van der Waals surface area contributed by atoms with Crippen LogP contribution in [-0.2, 0) is 6.54 Å². The van der Waals surface area contributed by atoms with Crippen LogP contribution in [0.4, 0.5) is 0 Å². The molecule has 0 unspecified atom stereocenters. The molecule has 0 atom stereocenters. The zero-order chi connectivity index (χ0) is 14.7. The van der Waals surface area contributed by atoms with Gasteiger partial charge in [0.25, 0.3) is 0 Å². The van der Waals surface area contributed by atoms with Crippen molar-refractivity contribution < 1.29 is 16.9 Å². The van der Waals surface area contributed by atoms with E-state index in [-0.39, 0.29) is 12.4 Å². The number of rotatable bonds is 11. The number of hydrogen-bond donors (Lipinski definition) is 0. The van der Waals surface area contributed by atoms with Crippen molar-refractivity contribution in [2.24, 2.45) is 0 Å². The summed E-state index contributed by atoms with van der Waals surface area (Å²) in [5.74, 6) is 0. The normalized spacial score (nSPS) is 11.2. The van der Waals surface area contributed by atoms with E-state index in [0.717, 1.165) is 0 Å². The predicted octanol–water partition coefficient (Wildman–Crippen LogP) is 2.41. The first-order chi connectivity index (χ1) is 9.76. The predicted molar refractivity (Wildman–Crippen MR) is 89.7 cm³/mol. The molecule has 1 rings (SSSR count). The number of nitrogens with zero attached hydrogens (tertiary/aromatic N) is 1. The second kappa shape index (κ2) is 12.1. The number of hydrogen-bond acceptors (Lipinski definition) is 0. The average Bonchev–Trinajstić information content (AvgIpc) is 2.45. The Balaban J connectivity index is 0.00000400. The van der Waals surface area contributed by atoms with Crippen molar-refractivity contribution in [2.45, 2.75) is 65.8 Å². The van der Waals surface area contributed by atoms with E-state index in [1.807, 2.05) is 0 Å². The summed E-state index contributed by atoms with van der Waals surface area (Å²) in [6.07, 6.45) is 8.10. The molecule has 0 aliphatic heterocycles. The molecule has 0 bridgehead atoms. The molecule has 0 spiro atoms. The Morgan fingerprint density at radius 3 is 1.86 bits per heavy atom. The highest BCUT2D eigenvalue weighted by molar-refractivity contribution is 5.13. The quantitative estimate of drug-likeness (QED) is 0.435. The van der Waals surface area contributed by atoms with Crippen LogP contribution in [0.5, 0.6) is 0 Å². The number of unbranched alkanes of at least 4 members (excludes halogenated alkanes) is 3. The Kier molecular flexibility index (Phi) is 11.8. The van der Waals surface area contributed by atoms with Crippen LogP contribution in [0.3, 0.4) is 0 Å². The van der Waals surface area contributed by atoms with Crippen LogP contribution < -0.4 is 12.4 Å². The molecule has 0 radical (unpaired) electrons. The van der Waals surface area contributed by atoms with E-state index in [1.165, 1.54) is 74.8 Å². The molecule has 21 heavy (non-hydrogen) atoms. The van der Waals surface area contributed by atoms with Gasteiger partial charge < -0.3 is 16.9 Å². The SMILES string of the molecule is CCCCCC[N+](CCC)(CCC)Cc1ccccc1.[Cl-]. The summed E-state index contributed by atoms with van der Waals surface area (Å²) < 4.78 is 1.29. The van der Waals surface area contributed by atoms with Crippen molar-refractivity contribution in [2.75, 3.05) is 19.6 Å². The summed E-state index contributed by atoms with van der Waals surface area (Å²) in [6.45, 7) is 12.2. The van der Waals surface area contributed by atoms with Crippen LogP contribution in [0.1, 0.15) is 64.9 Å². The number of quaternary nitrogens is 1. The van der Waals surface area contributed by atoms with E-state index in [1.54, 1.807) is 0 Å². The maximum Gasteiger partial charge on any atom is 0.104 e. The second-order valence-corrected chi connectivity index (χ2v) is 6.22.